The van der Waals surface area contributed by atoms with E-state index >= 15 is 0 Å². The first-order valence-electron chi connectivity index (χ1n) is 29.2. The molecule has 1 fully saturated rings. The summed E-state index contributed by atoms with van der Waals surface area (Å²) >= 11 is 0. The largest absolute Gasteiger partial charge is 0.305 e. The Morgan fingerprint density at radius 1 is 0.256 bits per heavy atom. The predicted molar refractivity (Wildman–Crippen MR) is 330 cm³/mol. The van der Waals surface area contributed by atoms with E-state index in [-0.39, 0.29) is 17.5 Å². The van der Waals surface area contributed by atoms with Gasteiger partial charge in [-0.05, 0) is 331 Å². The summed E-state index contributed by atoms with van der Waals surface area (Å²) < 4.78 is 0. The van der Waals surface area contributed by atoms with E-state index in [0.29, 0.717) is 0 Å². The molecule has 5 aliphatic rings. The van der Waals surface area contributed by atoms with Crippen molar-refractivity contribution in [3.05, 3.63) is 100 Å². The van der Waals surface area contributed by atoms with Gasteiger partial charge in [0, 0.05) is 12.1 Å². The Labute approximate surface area is 429 Å². The topological polar surface area (TPSA) is 12.0 Å². The summed E-state index contributed by atoms with van der Waals surface area (Å²) in [5, 5.41) is 94.6. The standard InChI is InChI=1S/C77H17N/c1-3-7-14(8-4-1)11-12-16-76-72-64-56-46-36-28-20-18-19-22-26-24(20)32-40-34(26)44-38-30(22)31-23(19)27-25-21(18)29(28)37-43-33(25)41-35(27)45-39(31)49-48(38)58-52(44)62-54(40)60(50(56)42(32)36)66(72)70(62)74-68(58)69-59(49)53(45)63-55(41)61-51(43)57(47(37)46)65(64)73(76)67(61)71(63)75(69)77(74,76)17(78-16)13-15-9-5-2-6-10-15/h1-12,16-17,78H,13H2/b12-11+. The van der Waals surface area contributed by atoms with Gasteiger partial charge in [0.15, 0.2) is 0 Å². The molecule has 2 spiro atoms. The highest BCUT2D eigenvalue weighted by atomic mass is 15.1. The van der Waals surface area contributed by atoms with Crippen molar-refractivity contribution in [2.45, 2.75) is 29.3 Å². The van der Waals surface area contributed by atoms with Crippen molar-refractivity contribution in [1.29, 1.82) is 0 Å². The van der Waals surface area contributed by atoms with E-state index < -0.39 is 5.41 Å². The highest BCUT2D eigenvalue weighted by Gasteiger charge is 2.76. The fraction of sp³-hybridized carbons (Fsp3) is 0.0649. The van der Waals surface area contributed by atoms with Crippen LogP contribution in [0.4, 0.5) is 0 Å². The van der Waals surface area contributed by atoms with Gasteiger partial charge in [-0.15, -0.1) is 0 Å². The average Bonchev–Trinajstić information content (AvgIpc) is 1.54. The Bertz CT molecular complexity index is 7650. The van der Waals surface area contributed by atoms with Crippen LogP contribution in [-0.4, -0.2) is 12.1 Å². The van der Waals surface area contributed by atoms with E-state index in [4.69, 9.17) is 5.32 Å². The Kier molecular flexibility index (Phi) is 2.84. The summed E-state index contributed by atoms with van der Waals surface area (Å²) in [4.78, 5) is 0. The molecule has 1 nitrogen and oxygen atoms in total. The zero-order chi connectivity index (χ0) is 46.7. The lowest BCUT2D eigenvalue weighted by Crippen LogP contribution is -2.56. The van der Waals surface area contributed by atoms with Crippen LogP contribution in [0.25, 0.3) is 297 Å². The van der Waals surface area contributed by atoms with Crippen LogP contribution in [0.3, 0.4) is 0 Å². The second-order valence-electron chi connectivity index (χ2n) is 28.0. The third kappa shape index (κ3) is 1.75. The summed E-state index contributed by atoms with van der Waals surface area (Å²) in [6, 6.07) is 23.3. The SMILES string of the molecule is C(=C\C1NC(Cc2ccccc2)C23c4c5c6c7c8c9c(c%10c%11c2c2c4c4c%12c5c5c6c6c8c8c%13c9c9c%10c%10c%11c%11c2c2c4c4c%12c%12c5c5c6c8c6c8c%13c9c9c%10c%10c%11c2c2c4c4c%12c5c6c5c8c9c%10c2c45)C713)/c1ccccc1. The van der Waals surface area contributed by atoms with Gasteiger partial charge >= 0.3 is 0 Å². The van der Waals surface area contributed by atoms with Crippen LogP contribution >= 0.6 is 0 Å². The third-order valence-corrected chi connectivity index (χ3v) is 27.4. The minimum Gasteiger partial charge on any atom is -0.305 e. The summed E-state index contributed by atoms with van der Waals surface area (Å²) in [5.74, 6) is 0. The van der Waals surface area contributed by atoms with E-state index in [1.807, 2.05) is 0 Å². The lowest BCUT2D eigenvalue weighted by molar-refractivity contribution is 0.342. The van der Waals surface area contributed by atoms with E-state index in [1.165, 1.54) is 11.1 Å². The van der Waals surface area contributed by atoms with E-state index in [1.54, 1.807) is 313 Å². The van der Waals surface area contributed by atoms with Crippen molar-refractivity contribution in [1.82, 2.24) is 5.32 Å². The molecule has 4 aliphatic carbocycles. The molecule has 30 aromatic rings. The van der Waals surface area contributed by atoms with Gasteiger partial charge in [-0.3, -0.25) is 0 Å². The Hall–Kier alpha value is -9.40. The molecule has 30 aromatic carbocycles. The molecule has 1 aliphatic heterocycles. The highest BCUT2D eigenvalue weighted by molar-refractivity contribution is 6.82. The monoisotopic (exact) mass is 955 g/mol. The first kappa shape index (κ1) is 30.4. The van der Waals surface area contributed by atoms with Gasteiger partial charge in [0.2, 0.25) is 0 Å². The van der Waals surface area contributed by atoms with E-state index in [9.17, 15) is 0 Å². The van der Waals surface area contributed by atoms with Crippen molar-refractivity contribution >= 4 is 297 Å². The van der Waals surface area contributed by atoms with Gasteiger partial charge in [-0.2, -0.15) is 0 Å². The van der Waals surface area contributed by atoms with E-state index in [2.05, 4.69) is 72.8 Å². The quantitative estimate of drug-likeness (QED) is 0.173. The molecule has 2 atom stereocenters. The molecule has 0 aromatic heterocycles. The predicted octanol–water partition coefficient (Wildman–Crippen LogP) is 19.6. The first-order valence-corrected chi connectivity index (χ1v) is 29.2. The van der Waals surface area contributed by atoms with Gasteiger partial charge in [0.1, 0.15) is 0 Å². The normalized spacial score (nSPS) is 23.4. The number of nitrogens with one attached hydrogen (secondary N) is 1. The first-order chi connectivity index (χ1) is 38.9. The second-order valence-corrected chi connectivity index (χ2v) is 28.0. The molecular formula is C77H17N. The van der Waals surface area contributed by atoms with Crippen LogP contribution in [0.5, 0.6) is 0 Å². The Morgan fingerprint density at radius 2 is 0.474 bits per heavy atom. The van der Waals surface area contributed by atoms with Gasteiger partial charge in [-0.1, -0.05) is 72.8 Å². The lowest BCUT2D eigenvalue weighted by atomic mass is 9.46. The van der Waals surface area contributed by atoms with Crippen LogP contribution < -0.4 is 5.32 Å². The zero-order valence-corrected chi connectivity index (χ0v) is 40.3. The third-order valence-electron chi connectivity index (χ3n) is 27.4. The van der Waals surface area contributed by atoms with Gasteiger partial charge in [-0.25, -0.2) is 0 Å². The zero-order valence-electron chi connectivity index (χ0n) is 40.3. The van der Waals surface area contributed by atoms with Crippen LogP contribution in [0.2, 0.25) is 0 Å². The number of hydrogen-bond acceptors (Lipinski definition) is 1. The molecule has 0 radical (unpaired) electrons. The summed E-state index contributed by atoms with van der Waals surface area (Å²) in [5.41, 5.74) is 8.96. The van der Waals surface area contributed by atoms with Gasteiger partial charge in [0.05, 0.1) is 10.8 Å². The molecule has 78 heavy (non-hydrogen) atoms. The van der Waals surface area contributed by atoms with Gasteiger partial charge < -0.3 is 5.32 Å². The number of benzene rings is 20. The summed E-state index contributed by atoms with van der Waals surface area (Å²) in [6.07, 6.45) is 6.27. The molecule has 1 heterocycles. The maximum absolute atomic E-state index is 4.90. The van der Waals surface area contributed by atoms with Crippen LogP contribution in [-0.2, 0) is 17.3 Å². The van der Waals surface area contributed by atoms with Crippen LogP contribution in [0.1, 0.15) is 33.4 Å². The lowest BCUT2D eigenvalue weighted by Gasteiger charge is -2.53. The molecule has 330 valence electrons. The number of rotatable bonds is 4. The molecular weight excluding hydrogens is 939 g/mol. The van der Waals surface area contributed by atoms with Crippen molar-refractivity contribution < 1.29 is 0 Å². The molecule has 1 saturated heterocycles. The fourth-order valence-corrected chi connectivity index (χ4v) is 27.0. The van der Waals surface area contributed by atoms with Crippen molar-refractivity contribution in [2.75, 3.05) is 0 Å². The van der Waals surface area contributed by atoms with Crippen molar-refractivity contribution in [3.63, 3.8) is 0 Å². The Morgan fingerprint density at radius 3 is 0.731 bits per heavy atom. The van der Waals surface area contributed by atoms with Crippen LogP contribution in [0, 0.1) is 0 Å². The highest BCUT2D eigenvalue weighted by Crippen LogP contribution is 2.86. The summed E-state index contributed by atoms with van der Waals surface area (Å²) in [7, 11) is 0. The van der Waals surface area contributed by atoms with Crippen LogP contribution in [0.15, 0.2) is 66.7 Å². The molecule has 1 N–H and O–H groups in total. The van der Waals surface area contributed by atoms with Crippen molar-refractivity contribution in [3.8, 4) is 0 Å². The minimum absolute atomic E-state index is 0.0437. The molecule has 0 amide bonds. The van der Waals surface area contributed by atoms with E-state index in [0.717, 1.165) is 6.42 Å². The summed E-state index contributed by atoms with van der Waals surface area (Å²) in [6.45, 7) is 0. The average molecular weight is 956 g/mol. The second kappa shape index (κ2) is 7.30. The smallest absolute Gasteiger partial charge is 0.0570 e. The van der Waals surface area contributed by atoms with Gasteiger partial charge in [0.25, 0.3) is 0 Å². The number of hydrogen-bond donors (Lipinski definition) is 1. The minimum atomic E-state index is -0.400. The molecule has 0 saturated carbocycles. The molecule has 1 heteroatoms. The maximum Gasteiger partial charge on any atom is 0.0570 e. The van der Waals surface area contributed by atoms with Crippen molar-refractivity contribution in [2.24, 2.45) is 0 Å². The molecule has 35 rings (SSSR count). The molecule has 2 unspecified atom stereocenters. The molecule has 0 bridgehead atoms. The Balaban J connectivity index is 1.06. The fourth-order valence-electron chi connectivity index (χ4n) is 27.0. The maximum atomic E-state index is 4.90.